The summed E-state index contributed by atoms with van der Waals surface area (Å²) in [5, 5.41) is 10.5. The predicted octanol–water partition coefficient (Wildman–Crippen LogP) is 2.00. The smallest absolute Gasteiger partial charge is 0.134 e. The summed E-state index contributed by atoms with van der Waals surface area (Å²) in [5.41, 5.74) is 1.63. The van der Waals surface area contributed by atoms with Gasteiger partial charge in [-0.25, -0.2) is 5.06 Å². The molecule has 0 saturated heterocycles. The molecular formula is C8H8ClNO. The largest absolute Gasteiger partial charge is 0.287 e. The molecule has 0 amide bonds. The molecule has 1 N–H and O–H groups in total. The summed E-state index contributed by atoms with van der Waals surface area (Å²) in [6.07, 6.45) is 0.716. The van der Waals surface area contributed by atoms with E-state index in [9.17, 15) is 5.21 Å². The molecule has 1 atom stereocenters. The second-order valence-corrected chi connectivity index (χ2v) is 3.12. The van der Waals surface area contributed by atoms with E-state index >= 15 is 0 Å². The second kappa shape index (κ2) is 2.40. The highest BCUT2D eigenvalue weighted by atomic mass is 35.5. The van der Waals surface area contributed by atoms with Crippen LogP contribution in [0.3, 0.4) is 0 Å². The lowest BCUT2D eigenvalue weighted by molar-refractivity contribution is 0.252. The van der Waals surface area contributed by atoms with Gasteiger partial charge < -0.3 is 0 Å². The van der Waals surface area contributed by atoms with Crippen LogP contribution in [-0.2, 0) is 6.42 Å². The van der Waals surface area contributed by atoms with Crippen molar-refractivity contribution in [3.8, 4) is 0 Å². The lowest BCUT2D eigenvalue weighted by atomic mass is 10.2. The molecule has 58 valence electrons. The quantitative estimate of drug-likeness (QED) is 0.475. The first kappa shape index (κ1) is 6.95. The van der Waals surface area contributed by atoms with Gasteiger partial charge in [-0.05, 0) is 11.6 Å². The Balaban J connectivity index is 2.47. The third-order valence-corrected chi connectivity index (χ3v) is 2.23. The number of hydrogen-bond acceptors (Lipinski definition) is 2. The van der Waals surface area contributed by atoms with E-state index < -0.39 is 0 Å². The minimum Gasteiger partial charge on any atom is -0.287 e. The maximum Gasteiger partial charge on any atom is 0.134 e. The summed E-state index contributed by atoms with van der Waals surface area (Å²) >= 11 is 5.80. The third kappa shape index (κ3) is 0.988. The Kier molecular flexibility index (Phi) is 1.51. The van der Waals surface area contributed by atoms with Gasteiger partial charge in [0.2, 0.25) is 0 Å². The van der Waals surface area contributed by atoms with Crippen LogP contribution < -0.4 is 5.06 Å². The number of halogens is 1. The van der Waals surface area contributed by atoms with Crippen LogP contribution in [-0.4, -0.2) is 10.7 Å². The molecule has 0 saturated carbocycles. The Labute approximate surface area is 70.0 Å². The van der Waals surface area contributed by atoms with Gasteiger partial charge in [-0.15, -0.1) is 0 Å². The SMILES string of the molecule is ON1c2ccccc2CC1Cl. The highest BCUT2D eigenvalue weighted by Gasteiger charge is 2.25. The zero-order valence-corrected chi connectivity index (χ0v) is 6.62. The maximum atomic E-state index is 9.35. The van der Waals surface area contributed by atoms with E-state index in [2.05, 4.69) is 0 Å². The monoisotopic (exact) mass is 169 g/mol. The molecule has 0 radical (unpaired) electrons. The lowest BCUT2D eigenvalue weighted by Gasteiger charge is -2.13. The van der Waals surface area contributed by atoms with E-state index in [0.29, 0.717) is 6.42 Å². The van der Waals surface area contributed by atoms with Crippen molar-refractivity contribution >= 4 is 17.3 Å². The van der Waals surface area contributed by atoms with E-state index in [4.69, 9.17) is 11.6 Å². The number of para-hydroxylation sites is 1. The van der Waals surface area contributed by atoms with E-state index in [1.807, 2.05) is 24.3 Å². The fourth-order valence-electron chi connectivity index (χ4n) is 1.33. The molecule has 1 heterocycles. The summed E-state index contributed by atoms with van der Waals surface area (Å²) in [5.74, 6) is 0. The van der Waals surface area contributed by atoms with Crippen molar-refractivity contribution in [1.29, 1.82) is 0 Å². The molecule has 2 nitrogen and oxygen atoms in total. The highest BCUT2D eigenvalue weighted by Crippen LogP contribution is 2.31. The average Bonchev–Trinajstić information content (AvgIpc) is 2.30. The molecule has 3 heteroatoms. The minimum absolute atomic E-state index is 0.299. The molecule has 1 aromatic carbocycles. The first-order chi connectivity index (χ1) is 5.29. The summed E-state index contributed by atoms with van der Waals surface area (Å²) in [4.78, 5) is 0. The van der Waals surface area contributed by atoms with Crippen LogP contribution in [0.2, 0.25) is 0 Å². The van der Waals surface area contributed by atoms with Gasteiger partial charge in [-0.3, -0.25) is 5.21 Å². The standard InChI is InChI=1S/C8H8ClNO/c9-8-5-6-3-1-2-4-7(6)10(8)11/h1-4,8,11H,5H2. The lowest BCUT2D eigenvalue weighted by Crippen LogP contribution is -2.22. The number of benzene rings is 1. The zero-order chi connectivity index (χ0) is 7.84. The normalized spacial score (nSPS) is 22.0. The third-order valence-electron chi connectivity index (χ3n) is 1.89. The molecule has 0 fully saturated rings. The van der Waals surface area contributed by atoms with Crippen molar-refractivity contribution in [2.75, 3.05) is 5.06 Å². The van der Waals surface area contributed by atoms with E-state index in [-0.39, 0.29) is 5.50 Å². The van der Waals surface area contributed by atoms with Gasteiger partial charge in [0.25, 0.3) is 0 Å². The fourth-order valence-corrected chi connectivity index (χ4v) is 1.60. The summed E-state index contributed by atoms with van der Waals surface area (Å²) in [7, 11) is 0. The first-order valence-electron chi connectivity index (χ1n) is 3.49. The predicted molar refractivity (Wildman–Crippen MR) is 44.1 cm³/mol. The molecule has 1 aromatic rings. The van der Waals surface area contributed by atoms with Crippen LogP contribution in [0, 0.1) is 0 Å². The van der Waals surface area contributed by atoms with E-state index in [1.165, 1.54) is 0 Å². The topological polar surface area (TPSA) is 23.5 Å². The molecule has 1 aliphatic rings. The number of anilines is 1. The maximum absolute atomic E-state index is 9.35. The Bertz CT molecular complexity index is 277. The number of hydroxylamine groups is 1. The Morgan fingerprint density at radius 3 is 2.91 bits per heavy atom. The van der Waals surface area contributed by atoms with Crippen molar-refractivity contribution < 1.29 is 5.21 Å². The van der Waals surface area contributed by atoms with Crippen LogP contribution in [0.5, 0.6) is 0 Å². The van der Waals surface area contributed by atoms with Gasteiger partial charge in [0, 0.05) is 6.42 Å². The van der Waals surface area contributed by atoms with Crippen molar-refractivity contribution in [3.63, 3.8) is 0 Å². The van der Waals surface area contributed by atoms with E-state index in [0.717, 1.165) is 16.3 Å². The Hall–Kier alpha value is -0.730. The zero-order valence-electron chi connectivity index (χ0n) is 5.87. The summed E-state index contributed by atoms with van der Waals surface area (Å²) in [6, 6.07) is 7.66. The minimum atomic E-state index is -0.299. The van der Waals surface area contributed by atoms with Crippen molar-refractivity contribution in [2.24, 2.45) is 0 Å². The van der Waals surface area contributed by atoms with Crippen LogP contribution in [0.15, 0.2) is 24.3 Å². The number of hydrogen-bond donors (Lipinski definition) is 1. The Morgan fingerprint density at radius 1 is 1.45 bits per heavy atom. The molecular weight excluding hydrogens is 162 g/mol. The molecule has 11 heavy (non-hydrogen) atoms. The summed E-state index contributed by atoms with van der Waals surface area (Å²) < 4.78 is 0. The number of rotatable bonds is 0. The van der Waals surface area contributed by atoms with Crippen LogP contribution in [0.25, 0.3) is 0 Å². The first-order valence-corrected chi connectivity index (χ1v) is 3.93. The molecule has 2 rings (SSSR count). The van der Waals surface area contributed by atoms with Gasteiger partial charge >= 0.3 is 0 Å². The molecule has 0 aliphatic carbocycles. The average molecular weight is 170 g/mol. The van der Waals surface area contributed by atoms with E-state index in [1.54, 1.807) is 0 Å². The van der Waals surface area contributed by atoms with Gasteiger partial charge in [0.1, 0.15) is 5.50 Å². The van der Waals surface area contributed by atoms with Gasteiger partial charge in [-0.2, -0.15) is 0 Å². The molecule has 0 spiro atoms. The number of fused-ring (bicyclic) bond motifs is 1. The molecule has 0 bridgehead atoms. The van der Waals surface area contributed by atoms with Crippen molar-refractivity contribution in [2.45, 2.75) is 11.9 Å². The second-order valence-electron chi connectivity index (χ2n) is 2.61. The van der Waals surface area contributed by atoms with Crippen molar-refractivity contribution in [1.82, 2.24) is 0 Å². The van der Waals surface area contributed by atoms with Gasteiger partial charge in [0.05, 0.1) is 5.69 Å². The molecule has 1 unspecified atom stereocenters. The van der Waals surface area contributed by atoms with Crippen molar-refractivity contribution in [3.05, 3.63) is 29.8 Å². The Morgan fingerprint density at radius 2 is 2.18 bits per heavy atom. The van der Waals surface area contributed by atoms with Gasteiger partial charge in [-0.1, -0.05) is 29.8 Å². The van der Waals surface area contributed by atoms with Gasteiger partial charge in [0.15, 0.2) is 0 Å². The summed E-state index contributed by atoms with van der Waals surface area (Å²) in [6.45, 7) is 0. The number of alkyl halides is 1. The molecule has 0 aromatic heterocycles. The molecule has 1 aliphatic heterocycles. The fraction of sp³-hybridized carbons (Fsp3) is 0.250. The highest BCUT2D eigenvalue weighted by molar-refractivity contribution is 6.22. The van der Waals surface area contributed by atoms with Crippen LogP contribution in [0.1, 0.15) is 5.56 Å². The van der Waals surface area contributed by atoms with Crippen LogP contribution >= 0.6 is 11.6 Å². The van der Waals surface area contributed by atoms with Crippen LogP contribution in [0.4, 0.5) is 5.69 Å². The number of nitrogens with zero attached hydrogens (tertiary/aromatic N) is 1.